The number of hydrogen-bond acceptors (Lipinski definition) is 5. The lowest BCUT2D eigenvalue weighted by molar-refractivity contribution is -0.138. The summed E-state index contributed by atoms with van der Waals surface area (Å²) in [6, 6.07) is 24.0. The molecule has 0 radical (unpaired) electrons. The second-order valence-electron chi connectivity index (χ2n) is 10.4. The molecule has 0 heterocycles. The Hall–Kier alpha value is -4.17. The molecule has 4 rings (SSSR count). The molecule has 41 heavy (non-hydrogen) atoms. The number of rotatable bonds is 14. The van der Waals surface area contributed by atoms with E-state index >= 15 is 0 Å². The van der Waals surface area contributed by atoms with E-state index in [4.69, 9.17) is 9.47 Å². The maximum Gasteiger partial charge on any atom is 0.407 e. The molecule has 0 saturated heterocycles. The first-order chi connectivity index (χ1) is 19.9. The molecule has 3 aromatic rings. The molecule has 8 nitrogen and oxygen atoms in total. The summed E-state index contributed by atoms with van der Waals surface area (Å²) in [5.41, 5.74) is 5.33. The summed E-state index contributed by atoms with van der Waals surface area (Å²) in [7, 11) is 0. The van der Waals surface area contributed by atoms with Gasteiger partial charge in [-0.25, -0.2) is 4.79 Å². The zero-order valence-electron chi connectivity index (χ0n) is 23.5. The van der Waals surface area contributed by atoms with Gasteiger partial charge in [-0.05, 0) is 41.2 Å². The fraction of sp³-hybridized carbons (Fsp3) is 0.364. The molecule has 0 unspecified atom stereocenters. The van der Waals surface area contributed by atoms with Crippen molar-refractivity contribution in [2.75, 3.05) is 6.61 Å². The number of hydrogen-bond donors (Lipinski definition) is 3. The lowest BCUT2D eigenvalue weighted by Crippen LogP contribution is -2.55. The van der Waals surface area contributed by atoms with Crippen molar-refractivity contribution < 1.29 is 29.0 Å². The average molecular weight is 559 g/mol. The van der Waals surface area contributed by atoms with E-state index in [0.29, 0.717) is 6.42 Å². The monoisotopic (exact) mass is 558 g/mol. The van der Waals surface area contributed by atoms with E-state index < -0.39 is 36.2 Å². The molecule has 216 valence electrons. The molecule has 0 bridgehead atoms. The van der Waals surface area contributed by atoms with Gasteiger partial charge in [-0.2, -0.15) is 0 Å². The van der Waals surface area contributed by atoms with Crippen molar-refractivity contribution in [3.63, 3.8) is 0 Å². The van der Waals surface area contributed by atoms with Crippen molar-refractivity contribution in [2.45, 2.75) is 70.2 Å². The third-order valence-corrected chi connectivity index (χ3v) is 7.40. The molecule has 1 aliphatic rings. The lowest BCUT2D eigenvalue weighted by atomic mass is 9.98. The van der Waals surface area contributed by atoms with E-state index in [2.05, 4.69) is 22.8 Å². The molecular formula is C33H38N2O6. The Morgan fingerprint density at radius 3 is 2.10 bits per heavy atom. The second kappa shape index (κ2) is 14.5. The van der Waals surface area contributed by atoms with Crippen LogP contribution in [0.25, 0.3) is 11.1 Å². The predicted molar refractivity (Wildman–Crippen MR) is 156 cm³/mol. The van der Waals surface area contributed by atoms with Gasteiger partial charge in [0.2, 0.25) is 5.91 Å². The summed E-state index contributed by atoms with van der Waals surface area (Å²) >= 11 is 0. The predicted octanol–water partition coefficient (Wildman–Crippen LogP) is 5.65. The zero-order valence-corrected chi connectivity index (χ0v) is 23.5. The van der Waals surface area contributed by atoms with Gasteiger partial charge >= 0.3 is 12.1 Å². The first kappa shape index (κ1) is 29.8. The smallest absolute Gasteiger partial charge is 0.407 e. The summed E-state index contributed by atoms with van der Waals surface area (Å²) in [5, 5.41) is 14.9. The molecule has 3 N–H and O–H groups in total. The van der Waals surface area contributed by atoms with Crippen LogP contribution in [0, 0.1) is 0 Å². The molecule has 0 saturated carbocycles. The van der Waals surface area contributed by atoms with E-state index in [0.717, 1.165) is 40.7 Å². The molecule has 3 atom stereocenters. The van der Waals surface area contributed by atoms with Gasteiger partial charge in [-0.1, -0.05) is 98.6 Å². The van der Waals surface area contributed by atoms with Gasteiger partial charge in [0.1, 0.15) is 12.6 Å². The number of carbonyl (C=O) groups is 3. The summed E-state index contributed by atoms with van der Waals surface area (Å²) in [6.45, 7) is 4.05. The Labute approximate surface area is 241 Å². The topological polar surface area (TPSA) is 114 Å². The highest BCUT2D eigenvalue weighted by atomic mass is 16.5. The van der Waals surface area contributed by atoms with E-state index in [9.17, 15) is 19.5 Å². The molecule has 8 heteroatoms. The van der Waals surface area contributed by atoms with Crippen molar-refractivity contribution in [2.24, 2.45) is 0 Å². The Kier molecular flexibility index (Phi) is 10.5. The Morgan fingerprint density at radius 1 is 0.878 bits per heavy atom. The van der Waals surface area contributed by atoms with E-state index in [1.807, 2.05) is 73.7 Å². The number of ether oxygens (including phenoxy) is 2. The molecule has 0 fully saturated rings. The summed E-state index contributed by atoms with van der Waals surface area (Å²) in [6.07, 6.45) is 0.485. The zero-order chi connectivity index (χ0) is 29.2. The highest BCUT2D eigenvalue weighted by Gasteiger charge is 2.32. The number of alkyl carbamates (subject to hydrolysis) is 1. The largest absolute Gasteiger partial charge is 0.481 e. The fourth-order valence-electron chi connectivity index (χ4n) is 5.24. The van der Waals surface area contributed by atoms with Gasteiger partial charge in [0.15, 0.2) is 0 Å². The fourth-order valence-corrected chi connectivity index (χ4v) is 5.24. The highest BCUT2D eigenvalue weighted by molar-refractivity contribution is 5.87. The van der Waals surface area contributed by atoms with Crippen LogP contribution in [-0.2, 0) is 25.7 Å². The van der Waals surface area contributed by atoms with Crippen molar-refractivity contribution in [1.29, 1.82) is 0 Å². The molecule has 2 amide bonds. The number of carbonyl (C=O) groups excluding carboxylic acids is 2. The molecular weight excluding hydrogens is 520 g/mol. The summed E-state index contributed by atoms with van der Waals surface area (Å²) in [4.78, 5) is 37.9. The minimum atomic E-state index is -1.09. The molecule has 0 aromatic heterocycles. The number of fused-ring (bicyclic) bond motifs is 3. The number of benzene rings is 3. The number of unbranched alkanes of at least 4 members (excludes halogenated alkanes) is 1. The third-order valence-electron chi connectivity index (χ3n) is 7.40. The van der Waals surface area contributed by atoms with Crippen LogP contribution in [0.1, 0.15) is 62.1 Å². The van der Waals surface area contributed by atoms with Crippen LogP contribution >= 0.6 is 0 Å². The molecule has 1 aliphatic carbocycles. The normalized spacial score (nSPS) is 14.3. The first-order valence-electron chi connectivity index (χ1n) is 14.2. The highest BCUT2D eigenvalue weighted by Crippen LogP contribution is 2.44. The van der Waals surface area contributed by atoms with Crippen molar-refractivity contribution >= 4 is 18.0 Å². The number of aliphatic carboxylic acids is 1. The third kappa shape index (κ3) is 7.95. The van der Waals surface area contributed by atoms with Crippen LogP contribution in [0.3, 0.4) is 0 Å². The molecule has 0 spiro atoms. The second-order valence-corrected chi connectivity index (χ2v) is 10.4. The Bertz CT molecular complexity index is 1280. The van der Waals surface area contributed by atoms with E-state index in [1.165, 1.54) is 0 Å². The summed E-state index contributed by atoms with van der Waals surface area (Å²) < 4.78 is 11.7. The van der Waals surface area contributed by atoms with Gasteiger partial charge in [0, 0.05) is 12.0 Å². The minimum Gasteiger partial charge on any atom is -0.481 e. The van der Waals surface area contributed by atoms with Gasteiger partial charge in [0.05, 0.1) is 19.1 Å². The summed E-state index contributed by atoms with van der Waals surface area (Å²) in [5.74, 6) is -1.64. The van der Waals surface area contributed by atoms with Gasteiger partial charge in [0.25, 0.3) is 0 Å². The van der Waals surface area contributed by atoms with Crippen molar-refractivity contribution in [3.8, 4) is 11.1 Å². The van der Waals surface area contributed by atoms with Crippen molar-refractivity contribution in [1.82, 2.24) is 10.6 Å². The van der Waals surface area contributed by atoms with E-state index in [-0.39, 0.29) is 25.6 Å². The van der Waals surface area contributed by atoms with Crippen molar-refractivity contribution in [3.05, 3.63) is 95.6 Å². The van der Waals surface area contributed by atoms with Crippen LogP contribution in [0.2, 0.25) is 0 Å². The number of carboxylic acid groups (broad SMARTS) is 1. The lowest BCUT2D eigenvalue weighted by Gasteiger charge is -2.27. The number of amides is 2. The van der Waals surface area contributed by atoms with E-state index in [1.54, 1.807) is 6.92 Å². The molecule has 0 aliphatic heterocycles. The van der Waals surface area contributed by atoms with Crippen LogP contribution in [0.4, 0.5) is 4.79 Å². The average Bonchev–Trinajstić information content (AvgIpc) is 3.30. The van der Waals surface area contributed by atoms with Gasteiger partial charge < -0.3 is 25.2 Å². The maximum atomic E-state index is 13.4. The number of carboxylic acids is 1. The molecule has 3 aromatic carbocycles. The van der Waals surface area contributed by atoms with Crippen LogP contribution in [0.15, 0.2) is 78.9 Å². The van der Waals surface area contributed by atoms with Gasteiger partial charge in [-0.15, -0.1) is 0 Å². The van der Waals surface area contributed by atoms with Crippen LogP contribution < -0.4 is 10.6 Å². The van der Waals surface area contributed by atoms with Gasteiger partial charge in [-0.3, -0.25) is 9.59 Å². The Morgan fingerprint density at radius 2 is 1.49 bits per heavy atom. The minimum absolute atomic E-state index is 0.103. The standard InChI is InChI=1S/C33H38N2O6/c1-3-4-14-24(19-30(36)37)34-32(38)31(22(2)40-20-23-12-6-5-7-13-23)35-33(39)41-21-29-27-17-10-8-15-25(27)26-16-9-11-18-28(26)29/h5-13,15-18,22,24,29,31H,3-4,14,19-21H2,1-2H3,(H,34,38)(H,35,39)(H,36,37)/t22-,24+,31+/m0/s1. The quantitative estimate of drug-likeness (QED) is 0.236. The van der Waals surface area contributed by atoms with Crippen LogP contribution in [0.5, 0.6) is 0 Å². The Balaban J connectivity index is 1.45. The SMILES string of the molecule is CCCC[C@H](CC(=O)O)NC(=O)[C@H](NC(=O)OCC1c2ccccc2-c2ccccc21)[C@H](C)OCc1ccccc1. The first-order valence-corrected chi connectivity index (χ1v) is 14.2. The van der Waals surface area contributed by atoms with Crippen LogP contribution in [-0.4, -0.2) is 47.9 Å². The maximum absolute atomic E-state index is 13.4. The number of nitrogens with one attached hydrogen (secondary N) is 2.